The second-order valence-corrected chi connectivity index (χ2v) is 7.74. The number of methoxy groups -OCH3 is 1. The summed E-state index contributed by atoms with van der Waals surface area (Å²) in [5.41, 5.74) is 5.28. The van der Waals surface area contributed by atoms with E-state index in [4.69, 9.17) is 4.74 Å². The van der Waals surface area contributed by atoms with Crippen molar-refractivity contribution >= 4 is 22.4 Å². The fraction of sp³-hybridized carbons (Fsp3) is 0.240. The van der Waals surface area contributed by atoms with Gasteiger partial charge in [0.1, 0.15) is 0 Å². The maximum Gasteiger partial charge on any atom is 0.338 e. The van der Waals surface area contributed by atoms with Gasteiger partial charge in [-0.05, 0) is 52.8 Å². The molecule has 5 rings (SSSR count). The molecule has 28 heavy (non-hydrogen) atoms. The van der Waals surface area contributed by atoms with Gasteiger partial charge in [0.2, 0.25) is 0 Å². The van der Waals surface area contributed by atoms with Crippen LogP contribution in [0.3, 0.4) is 0 Å². The van der Waals surface area contributed by atoms with Crippen molar-refractivity contribution < 1.29 is 9.53 Å². The number of allylic oxidation sites excluding steroid dienone is 2. The molecule has 140 valence electrons. The largest absolute Gasteiger partial charge is 0.465 e. The lowest BCUT2D eigenvalue weighted by atomic mass is 9.75. The molecule has 0 saturated heterocycles. The van der Waals surface area contributed by atoms with E-state index in [2.05, 4.69) is 66.0 Å². The summed E-state index contributed by atoms with van der Waals surface area (Å²) in [6.07, 6.45) is 5.69. The molecule has 0 amide bonds. The highest BCUT2D eigenvalue weighted by atomic mass is 16.5. The third kappa shape index (κ3) is 2.46. The van der Waals surface area contributed by atoms with Gasteiger partial charge in [-0.15, -0.1) is 0 Å². The number of ether oxygens (including phenoxy) is 1. The van der Waals surface area contributed by atoms with E-state index in [9.17, 15) is 4.79 Å². The number of nitrogens with one attached hydrogen (secondary N) is 1. The van der Waals surface area contributed by atoms with E-state index in [1.54, 1.807) is 0 Å². The lowest BCUT2D eigenvalue weighted by Gasteiger charge is -2.39. The Balaban J connectivity index is 1.68. The van der Waals surface area contributed by atoms with E-state index < -0.39 is 0 Å². The Morgan fingerprint density at radius 3 is 2.71 bits per heavy atom. The molecule has 1 heterocycles. The van der Waals surface area contributed by atoms with Gasteiger partial charge in [0.05, 0.1) is 18.7 Å². The number of fused-ring (bicyclic) bond motifs is 4. The van der Waals surface area contributed by atoms with E-state index in [1.165, 1.54) is 29.0 Å². The molecule has 3 aromatic rings. The molecule has 0 spiro atoms. The highest BCUT2D eigenvalue weighted by molar-refractivity contribution is 5.94. The minimum Gasteiger partial charge on any atom is -0.465 e. The SMILES string of the molecule is COC(=O)c1ccc2c(c1C)N[C@H](c1cccc3ccccc13)[C@@H]1CC=C[C@H]21. The Kier molecular flexibility index (Phi) is 3.97. The Labute approximate surface area is 165 Å². The zero-order valence-corrected chi connectivity index (χ0v) is 16.1. The first-order chi connectivity index (χ1) is 13.7. The molecule has 1 aliphatic heterocycles. The van der Waals surface area contributed by atoms with Crippen LogP contribution in [0.5, 0.6) is 0 Å². The average molecular weight is 369 g/mol. The molecule has 1 aliphatic carbocycles. The number of carbonyl (C=O) groups excluding carboxylic acids is 1. The summed E-state index contributed by atoms with van der Waals surface area (Å²) < 4.78 is 4.98. The summed E-state index contributed by atoms with van der Waals surface area (Å²) in [6, 6.07) is 19.3. The normalized spacial score (nSPS) is 22.4. The molecule has 3 nitrogen and oxygen atoms in total. The minimum atomic E-state index is -0.284. The standard InChI is InChI=1S/C25H23NO2/c1-15-17(25(27)28-2)13-14-22-19-10-6-12-21(19)24(26-23(15)22)20-11-5-8-16-7-3-4-9-18(16)20/h3-11,13-14,19,21,24,26H,12H2,1-2H3/t19-,21+,24+/m0/s1. The Hall–Kier alpha value is -3.07. The lowest BCUT2D eigenvalue weighted by molar-refractivity contribution is 0.0600. The molecule has 0 radical (unpaired) electrons. The van der Waals surface area contributed by atoms with E-state index in [0.29, 0.717) is 17.4 Å². The Morgan fingerprint density at radius 1 is 1.04 bits per heavy atom. The first-order valence-electron chi connectivity index (χ1n) is 9.81. The molecular formula is C25H23NO2. The Bertz CT molecular complexity index is 1110. The number of anilines is 1. The maximum atomic E-state index is 12.2. The molecule has 0 saturated carbocycles. The first kappa shape index (κ1) is 17.1. The first-order valence-corrected chi connectivity index (χ1v) is 9.81. The number of benzene rings is 3. The zero-order valence-electron chi connectivity index (χ0n) is 16.1. The molecule has 2 aliphatic rings. The van der Waals surface area contributed by atoms with Gasteiger partial charge < -0.3 is 10.1 Å². The lowest BCUT2D eigenvalue weighted by Crippen LogP contribution is -2.30. The van der Waals surface area contributed by atoms with Crippen molar-refractivity contribution in [3.05, 3.63) is 89.0 Å². The molecule has 0 unspecified atom stereocenters. The average Bonchev–Trinajstić information content (AvgIpc) is 3.23. The molecule has 0 bridgehead atoms. The zero-order chi connectivity index (χ0) is 19.3. The highest BCUT2D eigenvalue weighted by Crippen LogP contribution is 2.51. The van der Waals surface area contributed by atoms with Crippen LogP contribution in [0.25, 0.3) is 10.8 Å². The van der Waals surface area contributed by atoms with Crippen LogP contribution >= 0.6 is 0 Å². The molecule has 3 heteroatoms. The van der Waals surface area contributed by atoms with Gasteiger partial charge in [-0.3, -0.25) is 0 Å². The molecule has 1 N–H and O–H groups in total. The summed E-state index contributed by atoms with van der Waals surface area (Å²) in [7, 11) is 1.43. The summed E-state index contributed by atoms with van der Waals surface area (Å²) in [5, 5.41) is 6.37. The van der Waals surface area contributed by atoms with E-state index in [1.807, 2.05) is 13.0 Å². The van der Waals surface area contributed by atoms with Crippen molar-refractivity contribution in [2.24, 2.45) is 5.92 Å². The van der Waals surface area contributed by atoms with E-state index in [0.717, 1.165) is 17.7 Å². The van der Waals surface area contributed by atoms with Crippen molar-refractivity contribution in [2.75, 3.05) is 12.4 Å². The van der Waals surface area contributed by atoms with Gasteiger partial charge in [0, 0.05) is 11.6 Å². The van der Waals surface area contributed by atoms with Crippen LogP contribution in [0.4, 0.5) is 5.69 Å². The summed E-state index contributed by atoms with van der Waals surface area (Å²) in [4.78, 5) is 12.2. The van der Waals surface area contributed by atoms with Crippen LogP contribution in [0.2, 0.25) is 0 Å². The van der Waals surface area contributed by atoms with Gasteiger partial charge in [-0.2, -0.15) is 0 Å². The van der Waals surface area contributed by atoms with Crippen LogP contribution in [0.1, 0.15) is 45.4 Å². The van der Waals surface area contributed by atoms with Gasteiger partial charge in [0.25, 0.3) is 0 Å². The Morgan fingerprint density at radius 2 is 1.86 bits per heavy atom. The summed E-state index contributed by atoms with van der Waals surface area (Å²) in [5.74, 6) is 0.556. The number of carbonyl (C=O) groups is 1. The monoisotopic (exact) mass is 369 g/mol. The second-order valence-electron chi connectivity index (χ2n) is 7.74. The molecule has 3 atom stereocenters. The quantitative estimate of drug-likeness (QED) is 0.461. The third-order valence-electron chi connectivity index (χ3n) is 6.36. The minimum absolute atomic E-state index is 0.199. The van der Waals surface area contributed by atoms with Crippen molar-refractivity contribution in [3.8, 4) is 0 Å². The molecular weight excluding hydrogens is 346 g/mol. The topological polar surface area (TPSA) is 38.3 Å². The van der Waals surface area contributed by atoms with Crippen LogP contribution in [-0.4, -0.2) is 13.1 Å². The molecule has 0 fully saturated rings. The maximum absolute atomic E-state index is 12.2. The predicted molar refractivity (Wildman–Crippen MR) is 113 cm³/mol. The second kappa shape index (κ2) is 6.52. The highest BCUT2D eigenvalue weighted by Gasteiger charge is 2.39. The van der Waals surface area contributed by atoms with Crippen molar-refractivity contribution in [3.63, 3.8) is 0 Å². The summed E-state index contributed by atoms with van der Waals surface area (Å²) in [6.45, 7) is 2.01. The van der Waals surface area contributed by atoms with Crippen molar-refractivity contribution in [1.82, 2.24) is 0 Å². The van der Waals surface area contributed by atoms with Gasteiger partial charge in [0.15, 0.2) is 0 Å². The van der Waals surface area contributed by atoms with Crippen LogP contribution in [0.15, 0.2) is 66.7 Å². The van der Waals surface area contributed by atoms with Crippen LogP contribution < -0.4 is 5.32 Å². The smallest absolute Gasteiger partial charge is 0.338 e. The van der Waals surface area contributed by atoms with Gasteiger partial charge >= 0.3 is 5.97 Å². The van der Waals surface area contributed by atoms with Crippen LogP contribution in [-0.2, 0) is 4.74 Å². The number of hydrogen-bond donors (Lipinski definition) is 1. The number of hydrogen-bond acceptors (Lipinski definition) is 3. The van der Waals surface area contributed by atoms with E-state index >= 15 is 0 Å². The fourth-order valence-electron chi connectivity index (χ4n) is 4.98. The van der Waals surface area contributed by atoms with E-state index in [-0.39, 0.29) is 12.0 Å². The molecule has 0 aromatic heterocycles. The number of esters is 1. The number of rotatable bonds is 2. The van der Waals surface area contributed by atoms with Crippen LogP contribution in [0, 0.1) is 12.8 Å². The van der Waals surface area contributed by atoms with Crippen molar-refractivity contribution in [1.29, 1.82) is 0 Å². The van der Waals surface area contributed by atoms with Gasteiger partial charge in [-0.25, -0.2) is 4.79 Å². The third-order valence-corrected chi connectivity index (χ3v) is 6.36. The predicted octanol–water partition coefficient (Wildman–Crippen LogP) is 5.76. The fourth-order valence-corrected chi connectivity index (χ4v) is 4.98. The molecule has 3 aromatic carbocycles. The van der Waals surface area contributed by atoms with Crippen molar-refractivity contribution in [2.45, 2.75) is 25.3 Å². The summed E-state index contributed by atoms with van der Waals surface area (Å²) >= 11 is 0. The van der Waals surface area contributed by atoms with Gasteiger partial charge in [-0.1, -0.05) is 60.7 Å².